The molecule has 2 aromatic carbocycles. The van der Waals surface area contributed by atoms with E-state index in [1.807, 2.05) is 30.3 Å². The van der Waals surface area contributed by atoms with Crippen LogP contribution in [0.15, 0.2) is 54.6 Å². The predicted octanol–water partition coefficient (Wildman–Crippen LogP) is 1.10. The molecule has 0 amide bonds. The summed E-state index contributed by atoms with van der Waals surface area (Å²) in [6.07, 6.45) is -5.48. The van der Waals surface area contributed by atoms with Gasteiger partial charge in [-0.1, -0.05) is 42.5 Å². The molecule has 2 aromatic rings. The van der Waals surface area contributed by atoms with Crippen LogP contribution in [0.4, 0.5) is 0 Å². The third kappa shape index (κ3) is 4.58. The van der Waals surface area contributed by atoms with Crippen molar-refractivity contribution in [3.63, 3.8) is 0 Å². The smallest absolute Gasteiger partial charge is 0.184 e. The normalized spacial score (nSPS) is 27.9. The third-order valence-electron chi connectivity index (χ3n) is 4.43. The molecule has 5 atom stereocenters. The van der Waals surface area contributed by atoms with Gasteiger partial charge in [0.25, 0.3) is 0 Å². The summed E-state index contributed by atoms with van der Waals surface area (Å²) >= 11 is 0. The standard InChI is InChI=1S/C20H24O7/c1-24-14-9-5-6-10-15(14)26-18-16(11-21)27-20(23)17(22)19(18)25-12-13-7-3-2-4-8-13/h2-10,16-23H,11-12H2,1H3/t16-,17-,18+,19-,20-/m1/s1. The highest BCUT2D eigenvalue weighted by Crippen LogP contribution is 2.32. The molecule has 27 heavy (non-hydrogen) atoms. The van der Waals surface area contributed by atoms with E-state index in [0.717, 1.165) is 5.56 Å². The molecule has 7 heteroatoms. The van der Waals surface area contributed by atoms with Crippen LogP contribution in [-0.4, -0.2) is 59.7 Å². The van der Waals surface area contributed by atoms with E-state index in [1.54, 1.807) is 24.3 Å². The topological polar surface area (TPSA) is 97.6 Å². The highest BCUT2D eigenvalue weighted by molar-refractivity contribution is 5.39. The second-order valence-electron chi connectivity index (χ2n) is 6.23. The van der Waals surface area contributed by atoms with Crippen molar-refractivity contribution >= 4 is 0 Å². The molecule has 0 aromatic heterocycles. The Morgan fingerprint density at radius 3 is 2.26 bits per heavy atom. The van der Waals surface area contributed by atoms with Crippen molar-refractivity contribution in [2.24, 2.45) is 0 Å². The van der Waals surface area contributed by atoms with Gasteiger partial charge in [0, 0.05) is 0 Å². The minimum atomic E-state index is -1.49. The first-order chi connectivity index (χ1) is 13.1. The van der Waals surface area contributed by atoms with Crippen molar-refractivity contribution in [2.75, 3.05) is 13.7 Å². The van der Waals surface area contributed by atoms with Crippen molar-refractivity contribution in [1.29, 1.82) is 0 Å². The number of para-hydroxylation sites is 2. The van der Waals surface area contributed by atoms with Gasteiger partial charge in [0.1, 0.15) is 18.3 Å². The molecule has 1 aliphatic heterocycles. The summed E-state index contributed by atoms with van der Waals surface area (Å²) in [6.45, 7) is -0.200. The molecular formula is C20H24O7. The van der Waals surface area contributed by atoms with E-state index in [4.69, 9.17) is 18.9 Å². The zero-order valence-electron chi connectivity index (χ0n) is 15.0. The molecule has 3 rings (SSSR count). The van der Waals surface area contributed by atoms with Crippen LogP contribution in [0.1, 0.15) is 5.56 Å². The van der Waals surface area contributed by atoms with E-state index in [-0.39, 0.29) is 6.61 Å². The Bertz CT molecular complexity index is 708. The van der Waals surface area contributed by atoms with E-state index in [2.05, 4.69) is 0 Å². The van der Waals surface area contributed by atoms with Crippen LogP contribution in [0, 0.1) is 0 Å². The van der Waals surface area contributed by atoms with Gasteiger partial charge in [-0.2, -0.15) is 0 Å². The van der Waals surface area contributed by atoms with Gasteiger partial charge >= 0.3 is 0 Å². The van der Waals surface area contributed by atoms with Crippen LogP contribution >= 0.6 is 0 Å². The van der Waals surface area contributed by atoms with Crippen molar-refractivity contribution < 1.29 is 34.3 Å². The van der Waals surface area contributed by atoms with Crippen LogP contribution < -0.4 is 9.47 Å². The van der Waals surface area contributed by atoms with Crippen LogP contribution in [0.25, 0.3) is 0 Å². The predicted molar refractivity (Wildman–Crippen MR) is 96.4 cm³/mol. The lowest BCUT2D eigenvalue weighted by Crippen LogP contribution is -2.61. The Kier molecular flexibility index (Phi) is 6.65. The fourth-order valence-corrected chi connectivity index (χ4v) is 3.02. The van der Waals surface area contributed by atoms with Gasteiger partial charge in [0.2, 0.25) is 0 Å². The molecule has 7 nitrogen and oxygen atoms in total. The van der Waals surface area contributed by atoms with Gasteiger partial charge in [0.05, 0.1) is 20.3 Å². The van der Waals surface area contributed by atoms with Crippen molar-refractivity contribution in [3.05, 3.63) is 60.2 Å². The van der Waals surface area contributed by atoms with E-state index < -0.39 is 37.3 Å². The lowest BCUT2D eigenvalue weighted by molar-refractivity contribution is -0.291. The summed E-state index contributed by atoms with van der Waals surface area (Å²) in [7, 11) is 1.52. The number of ether oxygens (including phenoxy) is 4. The maximum atomic E-state index is 10.4. The highest BCUT2D eigenvalue weighted by Gasteiger charge is 2.47. The Hall–Kier alpha value is -2.16. The lowest BCUT2D eigenvalue weighted by atomic mass is 9.98. The quantitative estimate of drug-likeness (QED) is 0.666. The van der Waals surface area contributed by atoms with Crippen LogP contribution in [0.5, 0.6) is 11.5 Å². The zero-order valence-corrected chi connectivity index (χ0v) is 15.0. The van der Waals surface area contributed by atoms with Crippen molar-refractivity contribution in [3.8, 4) is 11.5 Å². The summed E-state index contributed by atoms with van der Waals surface area (Å²) in [5.41, 5.74) is 0.905. The van der Waals surface area contributed by atoms with Gasteiger partial charge in [-0.05, 0) is 17.7 Å². The average Bonchev–Trinajstić information content (AvgIpc) is 2.71. The van der Waals surface area contributed by atoms with Gasteiger partial charge in [-0.25, -0.2) is 0 Å². The molecule has 1 heterocycles. The minimum absolute atomic E-state index is 0.208. The molecule has 0 saturated carbocycles. The number of hydrogen-bond donors (Lipinski definition) is 3. The molecule has 0 spiro atoms. The van der Waals surface area contributed by atoms with Gasteiger partial charge < -0.3 is 34.3 Å². The molecule has 0 unspecified atom stereocenters. The third-order valence-corrected chi connectivity index (χ3v) is 4.43. The van der Waals surface area contributed by atoms with E-state index in [1.165, 1.54) is 7.11 Å². The number of aliphatic hydroxyl groups excluding tert-OH is 3. The SMILES string of the molecule is COc1ccccc1O[C@@H]1[C@H](OCc2ccccc2)[C@@H](O)[C@H](O)O[C@@H]1CO. The monoisotopic (exact) mass is 376 g/mol. The van der Waals surface area contributed by atoms with Crippen LogP contribution in [0.2, 0.25) is 0 Å². The number of methoxy groups -OCH3 is 1. The Morgan fingerprint density at radius 1 is 0.926 bits per heavy atom. The van der Waals surface area contributed by atoms with Crippen LogP contribution in [0.3, 0.4) is 0 Å². The van der Waals surface area contributed by atoms with Crippen LogP contribution in [-0.2, 0) is 16.1 Å². The molecule has 1 aliphatic rings. The van der Waals surface area contributed by atoms with E-state index in [0.29, 0.717) is 11.5 Å². The lowest BCUT2D eigenvalue weighted by Gasteiger charge is -2.42. The zero-order chi connectivity index (χ0) is 19.2. The van der Waals surface area contributed by atoms with E-state index in [9.17, 15) is 15.3 Å². The number of aliphatic hydroxyl groups is 3. The van der Waals surface area contributed by atoms with Crippen molar-refractivity contribution in [2.45, 2.75) is 37.3 Å². The maximum Gasteiger partial charge on any atom is 0.184 e. The average molecular weight is 376 g/mol. The second kappa shape index (κ2) is 9.16. The summed E-state index contributed by atoms with van der Waals surface area (Å²) in [6, 6.07) is 16.5. The molecule has 0 bridgehead atoms. The minimum Gasteiger partial charge on any atom is -0.493 e. The molecular weight excluding hydrogens is 352 g/mol. The van der Waals surface area contributed by atoms with Gasteiger partial charge in [-0.3, -0.25) is 0 Å². The summed E-state index contributed by atoms with van der Waals surface area (Å²) < 4.78 is 22.5. The molecule has 1 fully saturated rings. The molecule has 0 radical (unpaired) electrons. The van der Waals surface area contributed by atoms with Gasteiger partial charge in [-0.15, -0.1) is 0 Å². The fourth-order valence-electron chi connectivity index (χ4n) is 3.02. The summed E-state index contributed by atoms with van der Waals surface area (Å²) in [4.78, 5) is 0. The fraction of sp³-hybridized carbons (Fsp3) is 0.400. The number of benzene rings is 2. The molecule has 146 valence electrons. The maximum absolute atomic E-state index is 10.4. The largest absolute Gasteiger partial charge is 0.493 e. The first-order valence-electron chi connectivity index (χ1n) is 8.71. The molecule has 3 N–H and O–H groups in total. The summed E-state index contributed by atoms with van der Waals surface area (Å²) in [5, 5.41) is 30.1. The Balaban J connectivity index is 1.82. The van der Waals surface area contributed by atoms with Gasteiger partial charge in [0.15, 0.2) is 23.9 Å². The first kappa shape index (κ1) is 19.6. The molecule has 1 saturated heterocycles. The first-order valence-corrected chi connectivity index (χ1v) is 8.71. The van der Waals surface area contributed by atoms with Crippen molar-refractivity contribution in [1.82, 2.24) is 0 Å². The molecule has 0 aliphatic carbocycles. The number of hydrogen-bond acceptors (Lipinski definition) is 7. The highest BCUT2D eigenvalue weighted by atomic mass is 16.7. The summed E-state index contributed by atoms with van der Waals surface area (Å²) in [5.74, 6) is 0.917. The number of rotatable bonds is 7. The Morgan fingerprint density at radius 2 is 1.59 bits per heavy atom. The Labute approximate surface area is 157 Å². The second-order valence-corrected chi connectivity index (χ2v) is 6.23. The van der Waals surface area contributed by atoms with E-state index >= 15 is 0 Å².